The molecule has 12 amide bonds. The molecule has 0 bridgehead atoms. The number of primary amides is 2. The summed E-state index contributed by atoms with van der Waals surface area (Å²) in [5.41, 5.74) is 19.5. The van der Waals surface area contributed by atoms with Gasteiger partial charge < -0.3 is 74.6 Å². The van der Waals surface area contributed by atoms with Crippen molar-refractivity contribution in [3.8, 4) is 0 Å². The first kappa shape index (κ1) is 68.0. The monoisotopic (exact) mass is 1190 g/mol. The molecule has 2 aliphatic heterocycles. The number of nitrogens with two attached hydrogens (primary N) is 3. The van der Waals surface area contributed by atoms with Gasteiger partial charge in [0.2, 0.25) is 70.9 Å². The highest BCUT2D eigenvalue weighted by Gasteiger charge is 2.42. The number of nitrogens with zero attached hydrogens (tertiary/aromatic N) is 2. The van der Waals surface area contributed by atoms with Gasteiger partial charge >= 0.3 is 0 Å². The molecule has 2 saturated heterocycles. The van der Waals surface area contributed by atoms with Crippen molar-refractivity contribution in [1.29, 1.82) is 0 Å². The zero-order valence-corrected chi connectivity index (χ0v) is 49.4. The highest BCUT2D eigenvalue weighted by Crippen LogP contribution is 2.22. The van der Waals surface area contributed by atoms with Gasteiger partial charge in [-0.05, 0) is 74.5 Å². The lowest BCUT2D eigenvalue weighted by Gasteiger charge is -2.32. The number of nitrogens with one attached hydrogen (secondary N) is 8. The second-order valence-electron chi connectivity index (χ2n) is 22.5. The van der Waals surface area contributed by atoms with Crippen LogP contribution in [0.15, 0.2) is 91.0 Å². The van der Waals surface area contributed by atoms with Gasteiger partial charge in [0.15, 0.2) is 0 Å². The molecule has 3 aromatic carbocycles. The molecule has 3 aromatic rings. The molecule has 2 aliphatic rings. The van der Waals surface area contributed by atoms with Crippen LogP contribution >= 0.6 is 0 Å². The van der Waals surface area contributed by atoms with Gasteiger partial charge in [-0.15, -0.1) is 0 Å². The minimum atomic E-state index is -1.75. The molecule has 15 N–H and O–H groups in total. The Hall–Kier alpha value is -8.78. The third kappa shape index (κ3) is 19.9. The minimum absolute atomic E-state index is 0.00958. The molecule has 2 heterocycles. The van der Waals surface area contributed by atoms with Crippen molar-refractivity contribution in [2.24, 2.45) is 29.0 Å². The molecule has 2 fully saturated rings. The van der Waals surface area contributed by atoms with Gasteiger partial charge in [-0.2, -0.15) is 0 Å². The minimum Gasteiger partial charge on any atom is -0.391 e. The van der Waals surface area contributed by atoms with E-state index >= 15 is 0 Å². The first-order valence-electron chi connectivity index (χ1n) is 28.9. The molecule has 0 radical (unpaired) electrons. The third-order valence-electron chi connectivity index (χ3n) is 15.0. The van der Waals surface area contributed by atoms with Crippen LogP contribution in [0, 0.1) is 11.8 Å². The maximum atomic E-state index is 14.0. The first-order chi connectivity index (χ1) is 40.7. The maximum Gasteiger partial charge on any atom is 0.246 e. The van der Waals surface area contributed by atoms with Crippen LogP contribution in [0.5, 0.6) is 0 Å². The molecule has 0 unspecified atom stereocenters. The average Bonchev–Trinajstić information content (AvgIpc) is 4.11. The van der Waals surface area contributed by atoms with Crippen LogP contribution in [-0.4, -0.2) is 172 Å². The number of aliphatic hydroxyl groups is 1. The van der Waals surface area contributed by atoms with E-state index in [4.69, 9.17) is 17.2 Å². The van der Waals surface area contributed by atoms with Crippen molar-refractivity contribution in [2.75, 3.05) is 19.6 Å². The van der Waals surface area contributed by atoms with Crippen LogP contribution in [0.1, 0.15) is 90.3 Å². The summed E-state index contributed by atoms with van der Waals surface area (Å²) in [6.45, 7) is 8.78. The number of amides is 12. The van der Waals surface area contributed by atoms with E-state index in [9.17, 15) is 62.6 Å². The zero-order chi connectivity index (χ0) is 63.4. The molecule has 0 spiro atoms. The summed E-state index contributed by atoms with van der Waals surface area (Å²) in [6.07, 6.45) is -0.940. The molecule has 0 aromatic heterocycles. The molecule has 26 heteroatoms. The van der Waals surface area contributed by atoms with E-state index in [1.165, 1.54) is 23.6 Å². The normalized spacial score (nSPS) is 17.9. The molecule has 11 atom stereocenters. The lowest BCUT2D eigenvalue weighted by atomic mass is 10.00. The molecule has 466 valence electrons. The third-order valence-corrected chi connectivity index (χ3v) is 15.0. The number of hydrogen-bond donors (Lipinski definition) is 12. The van der Waals surface area contributed by atoms with E-state index in [1.54, 1.807) is 88.4 Å². The molecular weight excluding hydrogens is 1110 g/mol. The maximum absolute atomic E-state index is 14.0. The van der Waals surface area contributed by atoms with Crippen LogP contribution in [-0.2, 0) is 76.8 Å². The van der Waals surface area contributed by atoms with Gasteiger partial charge in [0.05, 0.1) is 25.1 Å². The predicted molar refractivity (Wildman–Crippen MR) is 314 cm³/mol. The number of carbonyl (C=O) groups excluding carboxylic acids is 12. The van der Waals surface area contributed by atoms with Gasteiger partial charge in [-0.25, -0.2) is 0 Å². The topological polar surface area (TPSA) is 406 Å². The number of carbonyl (C=O) groups is 12. The number of rotatable bonds is 30. The van der Waals surface area contributed by atoms with E-state index in [0.717, 1.165) is 11.1 Å². The fourth-order valence-corrected chi connectivity index (χ4v) is 10.1. The summed E-state index contributed by atoms with van der Waals surface area (Å²) in [4.78, 5) is 165. The lowest BCUT2D eigenvalue weighted by molar-refractivity contribution is -0.143. The van der Waals surface area contributed by atoms with Gasteiger partial charge in [0.1, 0.15) is 54.4 Å². The average molecular weight is 1190 g/mol. The van der Waals surface area contributed by atoms with Crippen molar-refractivity contribution in [1.82, 2.24) is 52.3 Å². The van der Waals surface area contributed by atoms with Gasteiger partial charge in [0.25, 0.3) is 0 Å². The van der Waals surface area contributed by atoms with Crippen LogP contribution in [0.3, 0.4) is 0 Å². The Bertz CT molecular complexity index is 2880. The summed E-state index contributed by atoms with van der Waals surface area (Å²) in [5, 5.41) is 31.2. The quantitative estimate of drug-likeness (QED) is 0.0332. The van der Waals surface area contributed by atoms with Crippen LogP contribution in [0.2, 0.25) is 0 Å². The Balaban J connectivity index is 1.19. The fraction of sp³-hybridized carbons (Fsp3) is 0.500. The van der Waals surface area contributed by atoms with Crippen molar-refractivity contribution in [3.05, 3.63) is 108 Å². The van der Waals surface area contributed by atoms with Crippen molar-refractivity contribution in [3.63, 3.8) is 0 Å². The summed E-state index contributed by atoms with van der Waals surface area (Å²) in [6, 6.07) is 14.1. The summed E-state index contributed by atoms with van der Waals surface area (Å²) in [7, 11) is 0. The molecule has 5 rings (SSSR count). The van der Waals surface area contributed by atoms with E-state index < -0.39 is 162 Å². The summed E-state index contributed by atoms with van der Waals surface area (Å²) >= 11 is 0. The van der Waals surface area contributed by atoms with Gasteiger partial charge in [-0.3, -0.25) is 57.5 Å². The fourth-order valence-electron chi connectivity index (χ4n) is 10.1. The lowest BCUT2D eigenvalue weighted by Crippen LogP contribution is -2.62. The van der Waals surface area contributed by atoms with Gasteiger partial charge in [0, 0.05) is 25.9 Å². The van der Waals surface area contributed by atoms with Crippen LogP contribution in [0.25, 0.3) is 0 Å². The Kier molecular flexibility index (Phi) is 25.7. The summed E-state index contributed by atoms with van der Waals surface area (Å²) < 4.78 is 0. The second kappa shape index (κ2) is 32.5. The highest BCUT2D eigenvalue weighted by molar-refractivity contribution is 6.00. The van der Waals surface area contributed by atoms with E-state index in [1.807, 2.05) is 30.3 Å². The van der Waals surface area contributed by atoms with Crippen molar-refractivity contribution >= 4 is 70.9 Å². The van der Waals surface area contributed by atoms with Gasteiger partial charge in [-0.1, -0.05) is 119 Å². The SMILES string of the molecule is CC(C)[C@H](NC(=O)[C@H](CC(N)=O)NC(=O)[C@@H](NC(=O)[C@@H]1CCCN1C(=O)[C@@H](NC(=O)[C@@H](N)Cc1ccccc1)C(C)C)[C@@H](C)O)C(=O)NCC(=O)N1CCC[C@H]1C(=O)N[C@@H](Cc1ccccc1)C(=O)N[C@@H](C)C(=O)N[C@@H](Cc1ccccc1)C(N)=O. The highest BCUT2D eigenvalue weighted by atomic mass is 16.3. The molecule has 0 aliphatic carbocycles. The molecule has 0 saturated carbocycles. The van der Waals surface area contributed by atoms with E-state index in [-0.39, 0.29) is 45.2 Å². The largest absolute Gasteiger partial charge is 0.391 e. The molecular formula is C60H83N13O13. The van der Waals surface area contributed by atoms with E-state index in [0.29, 0.717) is 18.4 Å². The first-order valence-corrected chi connectivity index (χ1v) is 28.9. The smallest absolute Gasteiger partial charge is 0.246 e. The Labute approximate surface area is 500 Å². The Morgan fingerprint density at radius 3 is 1.48 bits per heavy atom. The zero-order valence-electron chi connectivity index (χ0n) is 49.4. The van der Waals surface area contributed by atoms with Crippen LogP contribution < -0.4 is 59.7 Å². The molecule has 86 heavy (non-hydrogen) atoms. The van der Waals surface area contributed by atoms with Crippen LogP contribution in [0.4, 0.5) is 0 Å². The number of hydrogen-bond acceptors (Lipinski definition) is 14. The number of likely N-dealkylation sites (tertiary alicyclic amines) is 2. The standard InChI is InChI=1S/C60H83N13O13/c1-33(2)48(69-55(81)43(31-46(62)75)68-59(85)50(36(6)74)71-57(83)45-25-17-27-73(45)60(86)49(34(3)4)70-53(79)40(61)28-37-18-10-7-11-19-37)58(84)64-32-47(76)72-26-16-24-44(72)56(82)67-42(30-39-22-14-9-15-23-39)54(80)65-35(5)52(78)66-41(51(63)77)29-38-20-12-8-13-21-38/h7-15,18-23,33-36,40-45,48-50,74H,16-17,24-32,61H2,1-6H3,(H2,62,75)(H2,63,77)(H,64,84)(H,65,80)(H,66,78)(H,67,82)(H,68,85)(H,69,81)(H,70,79)(H,71,83)/t35-,36+,40-,41-,42-,43-,44-,45-,48-,49-,50-/m0/s1. The number of benzene rings is 3. The van der Waals surface area contributed by atoms with E-state index in [2.05, 4.69) is 42.5 Å². The second-order valence-corrected chi connectivity index (χ2v) is 22.5. The van der Waals surface area contributed by atoms with Crippen molar-refractivity contribution < 1.29 is 62.6 Å². The molecule has 26 nitrogen and oxygen atoms in total. The van der Waals surface area contributed by atoms with Crippen molar-refractivity contribution in [2.45, 2.75) is 159 Å². The summed E-state index contributed by atoms with van der Waals surface area (Å²) in [5.74, 6) is -10.7. The number of aliphatic hydroxyl groups excluding tert-OH is 1. The Morgan fingerprint density at radius 2 is 0.965 bits per heavy atom. The predicted octanol–water partition coefficient (Wildman–Crippen LogP) is -2.39. The Morgan fingerprint density at radius 1 is 0.500 bits per heavy atom.